The van der Waals surface area contributed by atoms with E-state index < -0.39 is 0 Å². The molecule has 0 unspecified atom stereocenters. The molecular weight excluding hydrogens is 384 g/mol. The normalized spacial score (nSPS) is 13.5. The van der Waals surface area contributed by atoms with Crippen molar-refractivity contribution in [3.63, 3.8) is 0 Å². The molecule has 0 amide bonds. The second-order valence-corrected chi connectivity index (χ2v) is 8.44. The maximum Gasteiger partial charge on any atom is 0.351 e. The second kappa shape index (κ2) is 6.42. The van der Waals surface area contributed by atoms with Crippen LogP contribution in [0.1, 0.15) is 22.4 Å². The summed E-state index contributed by atoms with van der Waals surface area (Å²) in [6, 6.07) is 13.9. The van der Waals surface area contributed by atoms with E-state index in [2.05, 4.69) is 17.2 Å². The molecule has 0 bridgehead atoms. The third-order valence-electron chi connectivity index (χ3n) is 5.60. The monoisotopic (exact) mass is 402 g/mol. The fourth-order valence-corrected chi connectivity index (χ4v) is 5.62. The van der Waals surface area contributed by atoms with Crippen molar-refractivity contribution in [2.45, 2.75) is 32.2 Å². The number of benzene rings is 1. The quantitative estimate of drug-likeness (QED) is 0.454. The van der Waals surface area contributed by atoms with Crippen molar-refractivity contribution in [3.05, 3.63) is 75.2 Å². The molecule has 1 aromatic carbocycles. The molecule has 4 heterocycles. The van der Waals surface area contributed by atoms with Crippen LogP contribution in [0.15, 0.2) is 57.9 Å². The third kappa shape index (κ3) is 2.57. The molecule has 29 heavy (non-hydrogen) atoms. The highest BCUT2D eigenvalue weighted by molar-refractivity contribution is 7.19. The summed E-state index contributed by atoms with van der Waals surface area (Å²) in [7, 11) is 0. The van der Waals surface area contributed by atoms with Gasteiger partial charge in [0.15, 0.2) is 11.4 Å². The fourth-order valence-electron chi connectivity index (χ4n) is 4.21. The summed E-state index contributed by atoms with van der Waals surface area (Å²) in [5.74, 6) is 1.02. The molecule has 1 aliphatic rings. The molecule has 0 fully saturated rings. The Morgan fingerprint density at radius 1 is 1.10 bits per heavy atom. The van der Waals surface area contributed by atoms with Crippen LogP contribution in [0.5, 0.6) is 0 Å². The molecule has 1 aliphatic carbocycles. The Kier molecular flexibility index (Phi) is 3.70. The highest BCUT2D eigenvalue weighted by Crippen LogP contribution is 2.38. The standard InChI is InChI=1S/C22H18N4O2S/c27-22-25(12-11-14-6-2-1-3-7-14)21-18(15-8-4-10-17(15)29-21)20-23-19(24-26(20)22)16-9-5-13-28-16/h1-3,5-7,9,13H,4,8,10-12H2. The second-order valence-electron chi connectivity index (χ2n) is 7.36. The molecule has 7 heteroatoms. The fraction of sp³-hybridized carbons (Fsp3) is 0.227. The number of hydrogen-bond acceptors (Lipinski definition) is 5. The summed E-state index contributed by atoms with van der Waals surface area (Å²) in [6.45, 7) is 0.616. The van der Waals surface area contributed by atoms with Crippen LogP contribution in [-0.4, -0.2) is 19.2 Å². The minimum Gasteiger partial charge on any atom is -0.461 e. The molecule has 0 aliphatic heterocycles. The Morgan fingerprint density at radius 3 is 2.83 bits per heavy atom. The number of aromatic nitrogens is 4. The summed E-state index contributed by atoms with van der Waals surface area (Å²) < 4.78 is 8.79. The first-order valence-corrected chi connectivity index (χ1v) is 10.6. The van der Waals surface area contributed by atoms with Gasteiger partial charge in [-0.3, -0.25) is 4.57 Å². The van der Waals surface area contributed by atoms with Crippen LogP contribution >= 0.6 is 11.3 Å². The third-order valence-corrected chi connectivity index (χ3v) is 6.91. The van der Waals surface area contributed by atoms with Crippen LogP contribution in [0.25, 0.3) is 27.4 Å². The molecule has 4 aromatic heterocycles. The average Bonchev–Trinajstić information content (AvgIpc) is 3.50. The van der Waals surface area contributed by atoms with Gasteiger partial charge in [-0.25, -0.2) is 9.78 Å². The van der Waals surface area contributed by atoms with Crippen molar-refractivity contribution in [1.29, 1.82) is 0 Å². The topological polar surface area (TPSA) is 65.3 Å². The maximum atomic E-state index is 13.4. The summed E-state index contributed by atoms with van der Waals surface area (Å²) in [5.41, 5.74) is 3.05. The number of thiophene rings is 1. The Morgan fingerprint density at radius 2 is 2.00 bits per heavy atom. The van der Waals surface area contributed by atoms with Crippen LogP contribution in [0.2, 0.25) is 0 Å². The van der Waals surface area contributed by atoms with E-state index in [9.17, 15) is 4.79 Å². The van der Waals surface area contributed by atoms with E-state index in [4.69, 9.17) is 9.40 Å². The van der Waals surface area contributed by atoms with Gasteiger partial charge in [0.05, 0.1) is 11.6 Å². The van der Waals surface area contributed by atoms with E-state index in [0.29, 0.717) is 23.8 Å². The first-order chi connectivity index (χ1) is 14.3. The molecule has 0 atom stereocenters. The Balaban J connectivity index is 1.58. The van der Waals surface area contributed by atoms with E-state index in [1.54, 1.807) is 23.7 Å². The molecular formula is C22H18N4O2S. The van der Waals surface area contributed by atoms with E-state index in [0.717, 1.165) is 35.9 Å². The maximum absolute atomic E-state index is 13.4. The van der Waals surface area contributed by atoms with Crippen molar-refractivity contribution in [2.75, 3.05) is 0 Å². The van der Waals surface area contributed by atoms with Gasteiger partial charge in [0, 0.05) is 11.4 Å². The van der Waals surface area contributed by atoms with Gasteiger partial charge < -0.3 is 4.42 Å². The summed E-state index contributed by atoms with van der Waals surface area (Å²) >= 11 is 1.74. The highest BCUT2D eigenvalue weighted by atomic mass is 32.1. The van der Waals surface area contributed by atoms with Gasteiger partial charge in [0.1, 0.15) is 4.83 Å². The zero-order chi connectivity index (χ0) is 19.4. The van der Waals surface area contributed by atoms with Crippen LogP contribution in [0.4, 0.5) is 0 Å². The van der Waals surface area contributed by atoms with Gasteiger partial charge in [-0.2, -0.15) is 4.52 Å². The number of rotatable bonds is 4. The number of nitrogens with zero attached hydrogens (tertiary/aromatic N) is 4. The molecule has 0 N–H and O–H groups in total. The van der Waals surface area contributed by atoms with Crippen molar-refractivity contribution < 1.29 is 4.42 Å². The van der Waals surface area contributed by atoms with E-state index in [-0.39, 0.29) is 5.69 Å². The molecule has 0 spiro atoms. The first kappa shape index (κ1) is 16.7. The van der Waals surface area contributed by atoms with Crippen LogP contribution in [0.3, 0.4) is 0 Å². The van der Waals surface area contributed by atoms with E-state index >= 15 is 0 Å². The van der Waals surface area contributed by atoms with Gasteiger partial charge in [0.2, 0.25) is 5.82 Å². The number of hydrogen-bond donors (Lipinski definition) is 0. The lowest BCUT2D eigenvalue weighted by molar-refractivity contribution is 0.576. The highest BCUT2D eigenvalue weighted by Gasteiger charge is 2.25. The lowest BCUT2D eigenvalue weighted by Gasteiger charge is -2.09. The molecule has 6 rings (SSSR count). The molecule has 0 saturated carbocycles. The van der Waals surface area contributed by atoms with Gasteiger partial charge >= 0.3 is 5.69 Å². The van der Waals surface area contributed by atoms with Crippen molar-refractivity contribution in [1.82, 2.24) is 19.2 Å². The lowest BCUT2D eigenvalue weighted by Crippen LogP contribution is -2.28. The van der Waals surface area contributed by atoms with Crippen LogP contribution < -0.4 is 5.69 Å². The first-order valence-electron chi connectivity index (χ1n) is 9.81. The predicted molar refractivity (Wildman–Crippen MR) is 113 cm³/mol. The van der Waals surface area contributed by atoms with Crippen LogP contribution in [0, 0.1) is 0 Å². The Labute approximate surface area is 170 Å². The van der Waals surface area contributed by atoms with Gasteiger partial charge in [0.25, 0.3) is 0 Å². The van der Waals surface area contributed by atoms with Crippen molar-refractivity contribution in [3.8, 4) is 11.6 Å². The summed E-state index contributed by atoms with van der Waals surface area (Å²) in [5, 5.41) is 5.59. The summed E-state index contributed by atoms with van der Waals surface area (Å²) in [6.07, 6.45) is 5.66. The number of furan rings is 1. The minimum atomic E-state index is -0.145. The Bertz CT molecular complexity index is 1390. The zero-order valence-corrected chi connectivity index (χ0v) is 16.5. The van der Waals surface area contributed by atoms with Crippen molar-refractivity contribution >= 4 is 27.2 Å². The van der Waals surface area contributed by atoms with E-state index in [1.165, 1.54) is 20.5 Å². The van der Waals surface area contributed by atoms with Gasteiger partial charge in [-0.1, -0.05) is 30.3 Å². The van der Waals surface area contributed by atoms with E-state index in [1.807, 2.05) is 28.8 Å². The average molecular weight is 402 g/mol. The number of fused-ring (bicyclic) bond motifs is 5. The molecule has 0 radical (unpaired) electrons. The lowest BCUT2D eigenvalue weighted by atomic mass is 10.1. The van der Waals surface area contributed by atoms with Crippen molar-refractivity contribution in [2.24, 2.45) is 0 Å². The van der Waals surface area contributed by atoms with Crippen LogP contribution in [-0.2, 0) is 25.8 Å². The van der Waals surface area contributed by atoms with Gasteiger partial charge in [-0.15, -0.1) is 16.4 Å². The largest absolute Gasteiger partial charge is 0.461 e. The molecule has 0 saturated heterocycles. The molecule has 144 valence electrons. The molecule has 5 aromatic rings. The molecule has 6 nitrogen and oxygen atoms in total. The smallest absolute Gasteiger partial charge is 0.351 e. The SMILES string of the molecule is O=c1n(CCc2ccccc2)c2sc3c(c2c2nc(-c4ccco4)nn12)CCC3. The van der Waals surface area contributed by atoms with Gasteiger partial charge in [-0.05, 0) is 48.9 Å². The Hall–Kier alpha value is -3.19. The minimum absolute atomic E-state index is 0.145. The predicted octanol–water partition coefficient (Wildman–Crippen LogP) is 4.10. The zero-order valence-electron chi connectivity index (χ0n) is 15.7. The summed E-state index contributed by atoms with van der Waals surface area (Å²) in [4.78, 5) is 20.5. The number of aryl methyl sites for hydroxylation is 4.